The molecule has 3 aromatic rings. The Morgan fingerprint density at radius 2 is 1.91 bits per heavy atom. The third kappa shape index (κ3) is 2.52. The molecule has 1 aliphatic carbocycles. The van der Waals surface area contributed by atoms with Crippen molar-refractivity contribution in [1.29, 1.82) is 0 Å². The van der Waals surface area contributed by atoms with Gasteiger partial charge in [0.25, 0.3) is 5.91 Å². The molecule has 5 nitrogen and oxygen atoms in total. The van der Waals surface area contributed by atoms with Crippen LogP contribution in [0.4, 0.5) is 4.39 Å². The van der Waals surface area contributed by atoms with Crippen molar-refractivity contribution >= 4 is 5.91 Å². The zero-order valence-electron chi connectivity index (χ0n) is 12.3. The minimum atomic E-state index is -0.391. The molecule has 1 aliphatic rings. The van der Waals surface area contributed by atoms with Crippen LogP contribution in [-0.2, 0) is 0 Å². The van der Waals surface area contributed by atoms with E-state index in [1.165, 1.54) is 16.9 Å². The van der Waals surface area contributed by atoms with Crippen molar-refractivity contribution in [2.24, 2.45) is 0 Å². The van der Waals surface area contributed by atoms with Crippen LogP contribution in [0.3, 0.4) is 0 Å². The number of hydrogen-bond donors (Lipinski definition) is 1. The Balaban J connectivity index is 1.85. The lowest BCUT2D eigenvalue weighted by Crippen LogP contribution is -2.26. The summed E-state index contributed by atoms with van der Waals surface area (Å²) in [4.78, 5) is 12.5. The summed E-state index contributed by atoms with van der Waals surface area (Å²) in [5.41, 5.74) is 0.734. The molecule has 6 heteroatoms. The van der Waals surface area contributed by atoms with Gasteiger partial charge < -0.3 is 9.88 Å². The number of benzene rings is 1. The van der Waals surface area contributed by atoms with Crippen LogP contribution < -0.4 is 5.32 Å². The summed E-state index contributed by atoms with van der Waals surface area (Å²) in [6.07, 6.45) is 7.11. The molecule has 1 fully saturated rings. The van der Waals surface area contributed by atoms with E-state index in [1.807, 2.05) is 24.5 Å². The van der Waals surface area contributed by atoms with Crippen molar-refractivity contribution < 1.29 is 9.18 Å². The third-order valence-electron chi connectivity index (χ3n) is 3.83. The fraction of sp³-hybridized carbons (Fsp3) is 0.176. The van der Waals surface area contributed by atoms with Gasteiger partial charge in [-0.25, -0.2) is 9.07 Å². The molecule has 2 aromatic heterocycles. The SMILES string of the molecule is O=C(NC1CC1)c1cnn(-c2ccccc2F)c1-n1cccc1. The Hall–Kier alpha value is -2.89. The van der Waals surface area contributed by atoms with Gasteiger partial charge in [0.1, 0.15) is 17.1 Å². The van der Waals surface area contributed by atoms with Gasteiger partial charge in [0.05, 0.1) is 6.20 Å². The Morgan fingerprint density at radius 3 is 2.61 bits per heavy atom. The first-order valence-electron chi connectivity index (χ1n) is 7.51. The molecule has 1 amide bonds. The average Bonchev–Trinajstić information content (AvgIpc) is 3.04. The summed E-state index contributed by atoms with van der Waals surface area (Å²) >= 11 is 0. The van der Waals surface area contributed by atoms with Gasteiger partial charge in [0.2, 0.25) is 0 Å². The minimum absolute atomic E-state index is 0.182. The zero-order chi connectivity index (χ0) is 15.8. The maximum atomic E-state index is 14.2. The lowest BCUT2D eigenvalue weighted by molar-refractivity contribution is 0.0951. The van der Waals surface area contributed by atoms with Crippen LogP contribution in [0.1, 0.15) is 23.2 Å². The minimum Gasteiger partial charge on any atom is -0.349 e. The predicted molar refractivity (Wildman–Crippen MR) is 83.3 cm³/mol. The number of halogens is 1. The number of para-hydroxylation sites is 1. The number of aromatic nitrogens is 3. The summed E-state index contributed by atoms with van der Waals surface area (Å²) in [6.45, 7) is 0. The maximum Gasteiger partial charge on any atom is 0.256 e. The van der Waals surface area contributed by atoms with Crippen molar-refractivity contribution in [2.75, 3.05) is 0 Å². The second-order valence-electron chi connectivity index (χ2n) is 5.58. The molecule has 0 bridgehead atoms. The van der Waals surface area contributed by atoms with Gasteiger partial charge in [0.15, 0.2) is 5.82 Å². The van der Waals surface area contributed by atoms with E-state index in [2.05, 4.69) is 10.4 Å². The number of nitrogens with one attached hydrogen (secondary N) is 1. The predicted octanol–water partition coefficient (Wildman–Crippen LogP) is 2.69. The zero-order valence-corrected chi connectivity index (χ0v) is 12.3. The van der Waals surface area contributed by atoms with Crippen LogP contribution in [0.2, 0.25) is 0 Å². The van der Waals surface area contributed by atoms with Crippen molar-refractivity contribution in [3.8, 4) is 11.5 Å². The molecule has 2 heterocycles. The molecular weight excluding hydrogens is 295 g/mol. The molecular formula is C17H15FN4O. The van der Waals surface area contributed by atoms with E-state index in [9.17, 15) is 9.18 Å². The lowest BCUT2D eigenvalue weighted by atomic mass is 10.2. The number of nitrogens with zero attached hydrogens (tertiary/aromatic N) is 3. The Kier molecular flexibility index (Phi) is 3.22. The van der Waals surface area contributed by atoms with Crippen LogP contribution in [-0.4, -0.2) is 26.3 Å². The molecule has 0 aliphatic heterocycles. The number of amides is 1. The first kappa shape index (κ1) is 13.8. The van der Waals surface area contributed by atoms with E-state index in [0.29, 0.717) is 17.1 Å². The van der Waals surface area contributed by atoms with E-state index in [0.717, 1.165) is 12.8 Å². The second kappa shape index (κ2) is 5.39. The number of carbonyl (C=O) groups is 1. The van der Waals surface area contributed by atoms with Crippen LogP contribution in [0.25, 0.3) is 11.5 Å². The van der Waals surface area contributed by atoms with Gasteiger partial charge in [-0.15, -0.1) is 0 Å². The smallest absolute Gasteiger partial charge is 0.256 e. The molecule has 1 N–H and O–H groups in total. The van der Waals surface area contributed by atoms with E-state index >= 15 is 0 Å². The van der Waals surface area contributed by atoms with Crippen molar-refractivity contribution in [2.45, 2.75) is 18.9 Å². The van der Waals surface area contributed by atoms with Gasteiger partial charge in [-0.1, -0.05) is 12.1 Å². The molecule has 0 radical (unpaired) electrons. The Labute approximate surface area is 132 Å². The second-order valence-corrected chi connectivity index (χ2v) is 5.58. The fourth-order valence-corrected chi connectivity index (χ4v) is 2.52. The number of hydrogen-bond acceptors (Lipinski definition) is 2. The summed E-state index contributed by atoms with van der Waals surface area (Å²) in [5.74, 6) is -0.0461. The highest BCUT2D eigenvalue weighted by atomic mass is 19.1. The summed E-state index contributed by atoms with van der Waals surface area (Å²) in [7, 11) is 0. The Bertz CT molecular complexity index is 849. The van der Waals surface area contributed by atoms with Gasteiger partial charge in [-0.05, 0) is 37.1 Å². The van der Waals surface area contributed by atoms with E-state index < -0.39 is 5.82 Å². The standard InChI is InChI=1S/C17H15FN4O/c18-14-5-1-2-6-15(14)22-17(21-9-3-4-10-21)13(11-19-22)16(23)20-12-7-8-12/h1-6,9-12H,7-8H2,(H,20,23). The highest BCUT2D eigenvalue weighted by Gasteiger charge is 2.27. The van der Waals surface area contributed by atoms with Crippen LogP contribution in [0.15, 0.2) is 55.0 Å². The quantitative estimate of drug-likeness (QED) is 0.805. The lowest BCUT2D eigenvalue weighted by Gasteiger charge is -2.11. The Morgan fingerprint density at radius 1 is 1.17 bits per heavy atom. The summed E-state index contributed by atoms with van der Waals surface area (Å²) < 4.78 is 17.4. The molecule has 116 valence electrons. The van der Waals surface area contributed by atoms with Crippen LogP contribution in [0, 0.1) is 5.82 Å². The number of rotatable bonds is 4. The average molecular weight is 310 g/mol. The molecule has 0 saturated heterocycles. The monoisotopic (exact) mass is 310 g/mol. The molecule has 0 atom stereocenters. The largest absolute Gasteiger partial charge is 0.349 e. The van der Waals surface area contributed by atoms with Crippen molar-refractivity contribution in [3.63, 3.8) is 0 Å². The molecule has 0 unspecified atom stereocenters. The topological polar surface area (TPSA) is 51.9 Å². The van der Waals surface area contributed by atoms with Crippen LogP contribution in [0.5, 0.6) is 0 Å². The normalized spacial score (nSPS) is 14.0. The highest BCUT2D eigenvalue weighted by molar-refractivity contribution is 5.97. The van der Waals surface area contributed by atoms with Crippen molar-refractivity contribution in [3.05, 3.63) is 66.4 Å². The van der Waals surface area contributed by atoms with Gasteiger partial charge in [0, 0.05) is 18.4 Å². The summed E-state index contributed by atoms with van der Waals surface area (Å²) in [5, 5.41) is 7.20. The van der Waals surface area contributed by atoms with E-state index in [1.54, 1.807) is 22.8 Å². The van der Waals surface area contributed by atoms with E-state index in [-0.39, 0.29) is 11.9 Å². The molecule has 4 rings (SSSR count). The molecule has 1 aromatic carbocycles. The first-order chi connectivity index (χ1) is 11.2. The van der Waals surface area contributed by atoms with Crippen LogP contribution >= 0.6 is 0 Å². The third-order valence-corrected chi connectivity index (χ3v) is 3.83. The molecule has 0 spiro atoms. The molecule has 1 saturated carbocycles. The summed E-state index contributed by atoms with van der Waals surface area (Å²) in [6, 6.07) is 10.3. The van der Waals surface area contributed by atoms with Gasteiger partial charge in [-0.3, -0.25) is 4.79 Å². The van der Waals surface area contributed by atoms with E-state index in [4.69, 9.17) is 0 Å². The van der Waals surface area contributed by atoms with Gasteiger partial charge >= 0.3 is 0 Å². The number of carbonyl (C=O) groups excluding carboxylic acids is 1. The molecule has 23 heavy (non-hydrogen) atoms. The first-order valence-corrected chi connectivity index (χ1v) is 7.51. The van der Waals surface area contributed by atoms with Crippen molar-refractivity contribution in [1.82, 2.24) is 19.7 Å². The highest BCUT2D eigenvalue weighted by Crippen LogP contribution is 2.24. The maximum absolute atomic E-state index is 14.2. The fourth-order valence-electron chi connectivity index (χ4n) is 2.52. The van der Waals surface area contributed by atoms with Gasteiger partial charge in [-0.2, -0.15) is 5.10 Å².